The molecule has 0 aliphatic carbocycles. The molecular formula is C23H24N6O. The van der Waals surface area contributed by atoms with Gasteiger partial charge in [0.25, 0.3) is 0 Å². The predicted molar refractivity (Wildman–Crippen MR) is 118 cm³/mol. The molecule has 1 unspecified atom stereocenters. The Kier molecular flexibility index (Phi) is 5.70. The van der Waals surface area contributed by atoms with Gasteiger partial charge in [0.15, 0.2) is 0 Å². The van der Waals surface area contributed by atoms with Gasteiger partial charge in [0.05, 0.1) is 23.4 Å². The third-order valence-electron chi connectivity index (χ3n) is 4.95. The zero-order chi connectivity index (χ0) is 20.9. The number of carbonyl (C=O) groups is 1. The number of fused-ring (bicyclic) bond motifs is 1. The van der Waals surface area contributed by atoms with Crippen LogP contribution in [0.4, 0.5) is 10.5 Å². The maximum atomic E-state index is 12.7. The second-order valence-electron chi connectivity index (χ2n) is 7.20. The van der Waals surface area contributed by atoms with E-state index in [9.17, 15) is 4.79 Å². The Morgan fingerprint density at radius 2 is 1.93 bits per heavy atom. The number of amides is 2. The number of nitrogens with zero attached hydrogens (tertiary/aromatic N) is 4. The molecule has 0 saturated heterocycles. The molecule has 0 spiro atoms. The molecule has 2 N–H and O–H groups in total. The number of anilines is 1. The van der Waals surface area contributed by atoms with Crippen LogP contribution in [0.1, 0.15) is 31.4 Å². The van der Waals surface area contributed by atoms with E-state index in [-0.39, 0.29) is 12.1 Å². The number of hydrogen-bond donors (Lipinski definition) is 2. The van der Waals surface area contributed by atoms with E-state index in [1.165, 1.54) is 0 Å². The quantitative estimate of drug-likeness (QED) is 0.492. The molecule has 1 aromatic carbocycles. The number of pyridine rings is 2. The SMILES string of the molecule is CCCC(NC(=O)Nc1ccnc2cc(-c3cnn(C)c3)cnc12)c1ccccc1. The van der Waals surface area contributed by atoms with Crippen LogP contribution in [0, 0.1) is 0 Å². The van der Waals surface area contributed by atoms with Gasteiger partial charge in [0.2, 0.25) is 0 Å². The van der Waals surface area contributed by atoms with Crippen LogP contribution in [0.25, 0.3) is 22.2 Å². The highest BCUT2D eigenvalue weighted by Crippen LogP contribution is 2.25. The van der Waals surface area contributed by atoms with Crippen molar-refractivity contribution < 1.29 is 4.79 Å². The van der Waals surface area contributed by atoms with E-state index >= 15 is 0 Å². The van der Waals surface area contributed by atoms with Gasteiger partial charge in [-0.05, 0) is 24.1 Å². The van der Waals surface area contributed by atoms with Crippen molar-refractivity contribution in [2.45, 2.75) is 25.8 Å². The molecular weight excluding hydrogens is 376 g/mol. The largest absolute Gasteiger partial charge is 0.331 e. The average molecular weight is 400 g/mol. The molecule has 152 valence electrons. The fourth-order valence-electron chi connectivity index (χ4n) is 3.47. The van der Waals surface area contributed by atoms with Crippen molar-refractivity contribution in [3.8, 4) is 11.1 Å². The van der Waals surface area contributed by atoms with Crippen LogP contribution in [0.3, 0.4) is 0 Å². The first-order chi connectivity index (χ1) is 14.6. The maximum absolute atomic E-state index is 12.7. The van der Waals surface area contributed by atoms with Crippen LogP contribution in [-0.2, 0) is 7.05 Å². The van der Waals surface area contributed by atoms with Crippen molar-refractivity contribution in [2.75, 3.05) is 5.32 Å². The second-order valence-corrected chi connectivity index (χ2v) is 7.20. The van der Waals surface area contributed by atoms with Crippen molar-refractivity contribution in [3.05, 3.63) is 72.8 Å². The van der Waals surface area contributed by atoms with Gasteiger partial charge in [-0.1, -0.05) is 43.7 Å². The highest BCUT2D eigenvalue weighted by atomic mass is 16.2. The highest BCUT2D eigenvalue weighted by Gasteiger charge is 2.15. The van der Waals surface area contributed by atoms with E-state index in [1.54, 1.807) is 29.3 Å². The van der Waals surface area contributed by atoms with Crippen molar-refractivity contribution in [3.63, 3.8) is 0 Å². The summed E-state index contributed by atoms with van der Waals surface area (Å²) >= 11 is 0. The summed E-state index contributed by atoms with van der Waals surface area (Å²) in [6, 6.07) is 13.4. The number of benzene rings is 1. The molecule has 4 rings (SSSR count). The first kappa shape index (κ1) is 19.6. The summed E-state index contributed by atoms with van der Waals surface area (Å²) < 4.78 is 1.74. The van der Waals surface area contributed by atoms with Crippen molar-refractivity contribution in [1.82, 2.24) is 25.1 Å². The van der Waals surface area contributed by atoms with Crippen LogP contribution < -0.4 is 10.6 Å². The molecule has 7 nitrogen and oxygen atoms in total. The van der Waals surface area contributed by atoms with E-state index in [1.807, 2.05) is 49.6 Å². The maximum Gasteiger partial charge on any atom is 0.319 e. The third-order valence-corrected chi connectivity index (χ3v) is 4.95. The standard InChI is InChI=1S/C23H24N6O/c1-3-7-19(16-8-5-4-6-9-16)27-23(30)28-20-10-11-24-21-12-17(13-25-22(20)21)18-14-26-29(2)15-18/h4-6,8-15,19H,3,7H2,1-2H3,(H2,24,27,28,30). The summed E-state index contributed by atoms with van der Waals surface area (Å²) in [5.41, 5.74) is 4.97. The monoisotopic (exact) mass is 400 g/mol. The zero-order valence-corrected chi connectivity index (χ0v) is 17.0. The lowest BCUT2D eigenvalue weighted by Gasteiger charge is -2.19. The smallest absolute Gasteiger partial charge is 0.319 e. The average Bonchev–Trinajstić information content (AvgIpc) is 3.20. The van der Waals surface area contributed by atoms with E-state index < -0.39 is 0 Å². The van der Waals surface area contributed by atoms with E-state index in [0.29, 0.717) is 16.7 Å². The summed E-state index contributed by atoms with van der Waals surface area (Å²) in [6.07, 6.45) is 8.99. The highest BCUT2D eigenvalue weighted by molar-refractivity contribution is 5.99. The molecule has 0 aliphatic heterocycles. The van der Waals surface area contributed by atoms with Gasteiger partial charge in [0.1, 0.15) is 5.52 Å². The molecule has 4 aromatic rings. The number of urea groups is 1. The van der Waals surface area contributed by atoms with E-state index in [4.69, 9.17) is 0 Å². The van der Waals surface area contributed by atoms with Gasteiger partial charge in [-0.2, -0.15) is 5.10 Å². The van der Waals surface area contributed by atoms with Crippen molar-refractivity contribution in [1.29, 1.82) is 0 Å². The molecule has 2 amide bonds. The fourth-order valence-corrected chi connectivity index (χ4v) is 3.47. The van der Waals surface area contributed by atoms with Crippen LogP contribution in [0.5, 0.6) is 0 Å². The summed E-state index contributed by atoms with van der Waals surface area (Å²) in [7, 11) is 1.87. The van der Waals surface area contributed by atoms with Crippen LogP contribution >= 0.6 is 0 Å². The molecule has 30 heavy (non-hydrogen) atoms. The Hall–Kier alpha value is -3.74. The molecule has 0 radical (unpaired) electrons. The molecule has 0 saturated carbocycles. The van der Waals surface area contributed by atoms with Gasteiger partial charge in [-0.3, -0.25) is 14.6 Å². The minimum absolute atomic E-state index is 0.0468. The zero-order valence-electron chi connectivity index (χ0n) is 17.0. The number of nitrogens with one attached hydrogen (secondary N) is 2. The molecule has 0 fully saturated rings. The van der Waals surface area contributed by atoms with Crippen LogP contribution in [-0.4, -0.2) is 25.8 Å². The fraction of sp³-hybridized carbons (Fsp3) is 0.217. The first-order valence-corrected chi connectivity index (χ1v) is 10.0. The lowest BCUT2D eigenvalue weighted by atomic mass is 10.0. The molecule has 0 aliphatic rings. The lowest BCUT2D eigenvalue weighted by Crippen LogP contribution is -2.32. The summed E-state index contributed by atoms with van der Waals surface area (Å²) in [6.45, 7) is 2.11. The summed E-state index contributed by atoms with van der Waals surface area (Å²) in [5.74, 6) is 0. The Bertz CT molecular complexity index is 1150. The Labute approximate surface area is 175 Å². The number of hydrogen-bond acceptors (Lipinski definition) is 4. The minimum Gasteiger partial charge on any atom is -0.331 e. The number of rotatable bonds is 6. The van der Waals surface area contributed by atoms with Crippen LogP contribution in [0.2, 0.25) is 0 Å². The molecule has 7 heteroatoms. The first-order valence-electron chi connectivity index (χ1n) is 10.0. The van der Waals surface area contributed by atoms with Gasteiger partial charge in [0, 0.05) is 36.8 Å². The van der Waals surface area contributed by atoms with Crippen LogP contribution in [0.15, 0.2) is 67.3 Å². The molecule has 3 heterocycles. The second kappa shape index (κ2) is 8.73. The van der Waals surface area contributed by atoms with Crippen molar-refractivity contribution in [2.24, 2.45) is 7.05 Å². The molecule has 3 aromatic heterocycles. The molecule has 0 bridgehead atoms. The van der Waals surface area contributed by atoms with Crippen molar-refractivity contribution >= 4 is 22.8 Å². The Morgan fingerprint density at radius 3 is 2.67 bits per heavy atom. The third kappa shape index (κ3) is 4.30. The summed E-state index contributed by atoms with van der Waals surface area (Å²) in [4.78, 5) is 21.7. The van der Waals surface area contributed by atoms with E-state index in [2.05, 4.69) is 32.6 Å². The summed E-state index contributed by atoms with van der Waals surface area (Å²) in [5, 5.41) is 10.2. The number of aryl methyl sites for hydroxylation is 1. The number of aromatic nitrogens is 4. The Morgan fingerprint density at radius 1 is 1.10 bits per heavy atom. The number of carbonyl (C=O) groups excluding carboxylic acids is 1. The minimum atomic E-state index is -0.261. The molecule has 1 atom stereocenters. The Balaban J connectivity index is 1.55. The van der Waals surface area contributed by atoms with Gasteiger partial charge in [-0.15, -0.1) is 0 Å². The van der Waals surface area contributed by atoms with Gasteiger partial charge >= 0.3 is 6.03 Å². The van der Waals surface area contributed by atoms with Gasteiger partial charge < -0.3 is 10.6 Å². The predicted octanol–water partition coefficient (Wildman–Crippen LogP) is 4.69. The topological polar surface area (TPSA) is 84.7 Å². The van der Waals surface area contributed by atoms with Gasteiger partial charge in [-0.25, -0.2) is 4.79 Å². The lowest BCUT2D eigenvalue weighted by molar-refractivity contribution is 0.248. The van der Waals surface area contributed by atoms with E-state index in [0.717, 1.165) is 29.5 Å². The normalized spacial score (nSPS) is 11.9.